The highest BCUT2D eigenvalue weighted by molar-refractivity contribution is 6.00. The van der Waals surface area contributed by atoms with Crippen molar-refractivity contribution in [1.82, 2.24) is 0 Å². The normalized spacial score (nSPS) is 13.6. The van der Waals surface area contributed by atoms with Crippen LogP contribution < -0.4 is 0 Å². The highest BCUT2D eigenvalue weighted by Gasteiger charge is 2.51. The van der Waals surface area contributed by atoms with Gasteiger partial charge in [-0.2, -0.15) is 0 Å². The van der Waals surface area contributed by atoms with Crippen molar-refractivity contribution in [1.29, 1.82) is 0 Å². The highest BCUT2D eigenvalue weighted by atomic mass is 14.5. The first-order chi connectivity index (χ1) is 24.8. The third kappa shape index (κ3) is 4.32. The summed E-state index contributed by atoms with van der Waals surface area (Å²) in [6, 6.07) is 69.6. The van der Waals surface area contributed by atoms with Crippen LogP contribution >= 0.6 is 0 Å². The summed E-state index contributed by atoms with van der Waals surface area (Å²) < 4.78 is 0. The Morgan fingerprint density at radius 1 is 0.400 bits per heavy atom. The van der Waals surface area contributed by atoms with Crippen molar-refractivity contribution in [3.8, 4) is 33.4 Å². The minimum absolute atomic E-state index is 0.386. The van der Waals surface area contributed by atoms with Gasteiger partial charge in [-0.05, 0) is 107 Å². The minimum atomic E-state index is -0.386. The number of hydrogen-bond donors (Lipinski definition) is 0. The Hall–Kier alpha value is -6.24. The molecule has 0 bridgehead atoms. The average molecular weight is 635 g/mol. The lowest BCUT2D eigenvalue weighted by Gasteiger charge is -2.31. The molecule has 0 saturated carbocycles. The van der Waals surface area contributed by atoms with E-state index < -0.39 is 0 Å². The van der Waals surface area contributed by atoms with Crippen LogP contribution in [0.4, 0.5) is 0 Å². The third-order valence-electron chi connectivity index (χ3n) is 10.9. The molecule has 0 radical (unpaired) electrons. The summed E-state index contributed by atoms with van der Waals surface area (Å²) in [5, 5.41) is 2.56. The van der Waals surface area contributed by atoms with Gasteiger partial charge in [0.05, 0.1) is 5.41 Å². The average Bonchev–Trinajstić information content (AvgIpc) is 3.64. The Labute approximate surface area is 293 Å². The molecule has 2 aliphatic carbocycles. The maximum Gasteiger partial charge on any atom is 0.0725 e. The van der Waals surface area contributed by atoms with Gasteiger partial charge in [-0.1, -0.05) is 182 Å². The van der Waals surface area contributed by atoms with E-state index in [0.29, 0.717) is 0 Å². The van der Waals surface area contributed by atoms with Crippen molar-refractivity contribution < 1.29 is 0 Å². The van der Waals surface area contributed by atoms with E-state index in [2.05, 4.69) is 194 Å². The Kier molecular flexibility index (Phi) is 6.57. The molecule has 10 rings (SSSR count). The monoisotopic (exact) mass is 634 g/mol. The number of rotatable bonds is 5. The van der Waals surface area contributed by atoms with Gasteiger partial charge in [0.25, 0.3) is 0 Å². The Morgan fingerprint density at radius 2 is 0.940 bits per heavy atom. The molecule has 8 aromatic carbocycles. The summed E-state index contributed by atoms with van der Waals surface area (Å²) in [5.74, 6) is 0. The van der Waals surface area contributed by atoms with Gasteiger partial charge in [0.2, 0.25) is 0 Å². The summed E-state index contributed by atoms with van der Waals surface area (Å²) >= 11 is 0. The zero-order chi connectivity index (χ0) is 33.1. The Morgan fingerprint density at radius 3 is 1.66 bits per heavy atom. The molecule has 8 aromatic rings. The predicted octanol–water partition coefficient (Wildman–Crippen LogP) is 12.6. The van der Waals surface area contributed by atoms with Crippen LogP contribution in [0.5, 0.6) is 0 Å². The second-order valence-corrected chi connectivity index (χ2v) is 13.6. The fourth-order valence-electron chi connectivity index (χ4n) is 8.81. The summed E-state index contributed by atoms with van der Waals surface area (Å²) in [5.41, 5.74) is 18.1. The van der Waals surface area contributed by atoms with E-state index in [4.69, 9.17) is 0 Å². The van der Waals surface area contributed by atoms with Gasteiger partial charge in [-0.3, -0.25) is 0 Å². The molecule has 0 nitrogen and oxygen atoms in total. The molecule has 2 aliphatic rings. The number of benzene rings is 8. The molecule has 0 amide bonds. The van der Waals surface area contributed by atoms with Crippen LogP contribution in [0.3, 0.4) is 0 Å². The number of hydrogen-bond acceptors (Lipinski definition) is 0. The molecule has 0 atom stereocenters. The van der Waals surface area contributed by atoms with E-state index in [9.17, 15) is 0 Å². The van der Waals surface area contributed by atoms with Crippen molar-refractivity contribution in [2.75, 3.05) is 0 Å². The van der Waals surface area contributed by atoms with E-state index in [1.54, 1.807) is 0 Å². The third-order valence-corrected chi connectivity index (χ3v) is 10.9. The quantitative estimate of drug-likeness (QED) is 0.165. The molecule has 0 fully saturated rings. The van der Waals surface area contributed by atoms with Gasteiger partial charge >= 0.3 is 0 Å². The molecule has 0 aliphatic heterocycles. The lowest BCUT2D eigenvalue weighted by molar-refractivity contribution is 0.793. The lowest BCUT2D eigenvalue weighted by atomic mass is 9.70. The van der Waals surface area contributed by atoms with Crippen LogP contribution in [0.25, 0.3) is 55.8 Å². The molecular formula is C50H34. The van der Waals surface area contributed by atoms with E-state index in [1.165, 1.54) is 88.7 Å². The SMILES string of the molecule is C(=C(\Cc1ccc2c(c1)C1(c3ccccc3-c3ccccc31)c1cc3ccccc3cc1-2)c1ccccc1-c1ccccc1)/c1ccccc1. The van der Waals surface area contributed by atoms with Crippen LogP contribution in [0.1, 0.15) is 38.9 Å². The molecule has 50 heavy (non-hydrogen) atoms. The first-order valence-corrected chi connectivity index (χ1v) is 17.6. The molecule has 0 aromatic heterocycles. The smallest absolute Gasteiger partial charge is 0.0622 e. The maximum absolute atomic E-state index is 2.53. The second kappa shape index (κ2) is 11.4. The first kappa shape index (κ1) is 28.7. The second-order valence-electron chi connectivity index (χ2n) is 13.6. The lowest BCUT2D eigenvalue weighted by Crippen LogP contribution is -2.26. The summed E-state index contributed by atoms with van der Waals surface area (Å²) in [6.45, 7) is 0. The molecule has 0 unspecified atom stereocenters. The molecule has 0 heterocycles. The van der Waals surface area contributed by atoms with Crippen molar-refractivity contribution in [2.24, 2.45) is 0 Å². The zero-order valence-corrected chi connectivity index (χ0v) is 27.7. The largest absolute Gasteiger partial charge is 0.0725 e. The first-order valence-electron chi connectivity index (χ1n) is 17.6. The molecule has 234 valence electrons. The van der Waals surface area contributed by atoms with Crippen LogP contribution in [0.2, 0.25) is 0 Å². The van der Waals surface area contributed by atoms with E-state index in [-0.39, 0.29) is 5.41 Å². The summed E-state index contributed by atoms with van der Waals surface area (Å²) in [6.07, 6.45) is 3.19. The van der Waals surface area contributed by atoms with Gasteiger partial charge in [0, 0.05) is 0 Å². The zero-order valence-electron chi connectivity index (χ0n) is 27.7. The van der Waals surface area contributed by atoms with E-state index in [1.807, 2.05) is 0 Å². The van der Waals surface area contributed by atoms with Crippen molar-refractivity contribution >= 4 is 22.4 Å². The van der Waals surface area contributed by atoms with Crippen molar-refractivity contribution in [3.05, 3.63) is 227 Å². The molecule has 0 N–H and O–H groups in total. The topological polar surface area (TPSA) is 0 Å². The van der Waals surface area contributed by atoms with Gasteiger partial charge in [0.15, 0.2) is 0 Å². The van der Waals surface area contributed by atoms with Crippen LogP contribution in [-0.2, 0) is 11.8 Å². The van der Waals surface area contributed by atoms with Crippen molar-refractivity contribution in [3.63, 3.8) is 0 Å². The number of allylic oxidation sites excluding steroid dienone is 1. The number of fused-ring (bicyclic) bond motifs is 11. The van der Waals surface area contributed by atoms with Gasteiger partial charge in [0.1, 0.15) is 0 Å². The predicted molar refractivity (Wildman–Crippen MR) is 210 cm³/mol. The van der Waals surface area contributed by atoms with Crippen LogP contribution in [0.15, 0.2) is 188 Å². The van der Waals surface area contributed by atoms with Gasteiger partial charge in [-0.15, -0.1) is 0 Å². The summed E-state index contributed by atoms with van der Waals surface area (Å²) in [7, 11) is 0. The fraction of sp³-hybridized carbons (Fsp3) is 0.0400. The molecule has 0 heteroatoms. The van der Waals surface area contributed by atoms with Crippen LogP contribution in [-0.4, -0.2) is 0 Å². The Balaban J connectivity index is 1.21. The fourth-order valence-corrected chi connectivity index (χ4v) is 8.81. The van der Waals surface area contributed by atoms with Crippen molar-refractivity contribution in [2.45, 2.75) is 11.8 Å². The van der Waals surface area contributed by atoms with Gasteiger partial charge < -0.3 is 0 Å². The van der Waals surface area contributed by atoms with Gasteiger partial charge in [-0.25, -0.2) is 0 Å². The molecular weight excluding hydrogens is 601 g/mol. The van der Waals surface area contributed by atoms with E-state index >= 15 is 0 Å². The maximum atomic E-state index is 2.53. The van der Waals surface area contributed by atoms with E-state index in [0.717, 1.165) is 6.42 Å². The minimum Gasteiger partial charge on any atom is -0.0622 e. The standard InChI is InChI=1S/C50H34/c1-3-15-34(16-4-1)29-39(41-22-10-9-21-40(41)36-17-5-2-6-18-36)30-35-27-28-44-45-32-37-19-7-8-20-38(37)33-49(45)50(48(44)31-35)46-25-13-11-23-42(46)43-24-12-14-26-47(43)50/h1-29,31-33H,30H2/b39-29-. The molecule has 0 saturated heterocycles. The Bertz CT molecular complexity index is 2560. The highest BCUT2D eigenvalue weighted by Crippen LogP contribution is 2.63. The van der Waals surface area contributed by atoms with Crippen LogP contribution in [0, 0.1) is 0 Å². The summed E-state index contributed by atoms with van der Waals surface area (Å²) in [4.78, 5) is 0. The molecule has 1 spiro atoms.